The van der Waals surface area contributed by atoms with Crippen molar-refractivity contribution >= 4 is 51.7 Å². The Morgan fingerprint density at radius 1 is 1.25 bits per heavy atom. The molecular formula is C24H30N4O2S2. The number of unbranched alkanes of at least 4 members (excludes halogenated alkanes) is 3. The monoisotopic (exact) mass is 470 g/mol. The average Bonchev–Trinajstić information content (AvgIpc) is 3.05. The molecule has 2 aromatic rings. The van der Waals surface area contributed by atoms with Gasteiger partial charge in [0.1, 0.15) is 15.8 Å². The molecule has 2 aromatic heterocycles. The number of pyridine rings is 1. The van der Waals surface area contributed by atoms with Gasteiger partial charge < -0.3 is 4.90 Å². The summed E-state index contributed by atoms with van der Waals surface area (Å²) in [5.41, 5.74) is 0.928. The van der Waals surface area contributed by atoms with E-state index in [2.05, 4.69) is 18.7 Å². The molecular weight excluding hydrogens is 440 g/mol. The Labute approximate surface area is 198 Å². The molecule has 1 atom stereocenters. The number of anilines is 1. The summed E-state index contributed by atoms with van der Waals surface area (Å²) in [4.78, 5) is 35.8. The van der Waals surface area contributed by atoms with Gasteiger partial charge in [-0.2, -0.15) is 0 Å². The van der Waals surface area contributed by atoms with Gasteiger partial charge in [0, 0.05) is 25.8 Å². The topological polar surface area (TPSA) is 57.9 Å². The molecule has 0 spiro atoms. The molecule has 4 heterocycles. The van der Waals surface area contributed by atoms with Crippen molar-refractivity contribution in [2.45, 2.75) is 52.4 Å². The summed E-state index contributed by atoms with van der Waals surface area (Å²) < 4.78 is 2.12. The Bertz CT molecular complexity index is 1110. The molecule has 32 heavy (non-hydrogen) atoms. The maximum atomic E-state index is 13.5. The third-order valence-corrected chi connectivity index (χ3v) is 7.47. The summed E-state index contributed by atoms with van der Waals surface area (Å²) in [5, 5.41) is 0. The van der Waals surface area contributed by atoms with Gasteiger partial charge in [-0.05, 0) is 43.4 Å². The molecule has 0 saturated carbocycles. The number of fused-ring (bicyclic) bond motifs is 1. The van der Waals surface area contributed by atoms with Crippen molar-refractivity contribution in [3.8, 4) is 0 Å². The van der Waals surface area contributed by atoms with Gasteiger partial charge in [-0.15, -0.1) is 0 Å². The summed E-state index contributed by atoms with van der Waals surface area (Å²) in [6.07, 6.45) is 10.0. The molecule has 0 aromatic carbocycles. The minimum absolute atomic E-state index is 0.105. The van der Waals surface area contributed by atoms with Crippen LogP contribution in [0.1, 0.15) is 57.9 Å². The van der Waals surface area contributed by atoms with Crippen LogP contribution in [0.2, 0.25) is 0 Å². The molecule has 6 nitrogen and oxygen atoms in total. The van der Waals surface area contributed by atoms with Crippen molar-refractivity contribution < 1.29 is 4.79 Å². The van der Waals surface area contributed by atoms with Crippen LogP contribution in [0.3, 0.4) is 0 Å². The first kappa shape index (κ1) is 23.0. The molecule has 2 aliphatic rings. The Morgan fingerprint density at radius 2 is 2.09 bits per heavy atom. The predicted octanol–water partition coefficient (Wildman–Crippen LogP) is 4.71. The lowest BCUT2D eigenvalue weighted by atomic mass is 10.00. The third kappa shape index (κ3) is 4.76. The fourth-order valence-electron chi connectivity index (χ4n) is 4.36. The molecule has 2 saturated heterocycles. The van der Waals surface area contributed by atoms with Crippen LogP contribution in [-0.4, -0.2) is 44.1 Å². The van der Waals surface area contributed by atoms with E-state index >= 15 is 0 Å². The van der Waals surface area contributed by atoms with E-state index in [1.54, 1.807) is 21.6 Å². The minimum atomic E-state index is -0.156. The first-order valence-electron chi connectivity index (χ1n) is 11.5. The number of piperidine rings is 1. The zero-order valence-corrected chi connectivity index (χ0v) is 20.4. The smallest absolute Gasteiger partial charge is 0.267 e. The standard InChI is InChI=1S/C24H30N4O2S2/c1-3-4-5-7-14-28-23(30)19(32-24(28)31)15-18-21(26-12-9-10-17(2)16-26)25-20-11-6-8-13-27(20)22(18)29/h6,8,11,13,15,17H,3-5,7,9-10,12,14,16H2,1-2H3/b19-15-/t17-/m1/s1. The molecule has 2 fully saturated rings. The van der Waals surface area contributed by atoms with Crippen molar-refractivity contribution in [3.05, 3.63) is 45.2 Å². The van der Waals surface area contributed by atoms with Gasteiger partial charge in [-0.25, -0.2) is 4.98 Å². The quantitative estimate of drug-likeness (QED) is 0.332. The van der Waals surface area contributed by atoms with Crippen LogP contribution in [-0.2, 0) is 4.79 Å². The second kappa shape index (κ2) is 10.2. The van der Waals surface area contributed by atoms with E-state index in [1.165, 1.54) is 18.2 Å². The zero-order chi connectivity index (χ0) is 22.7. The SMILES string of the molecule is CCCCCCN1C(=O)/C(=C/c2c(N3CCC[C@@H](C)C3)nc3ccccn3c2=O)SC1=S. The Balaban J connectivity index is 1.71. The van der Waals surface area contributed by atoms with Crippen molar-refractivity contribution in [3.63, 3.8) is 0 Å². The van der Waals surface area contributed by atoms with Crippen LogP contribution < -0.4 is 10.5 Å². The third-order valence-electron chi connectivity index (χ3n) is 6.09. The van der Waals surface area contributed by atoms with Gasteiger partial charge in [-0.1, -0.05) is 63.2 Å². The van der Waals surface area contributed by atoms with Crippen LogP contribution in [0.4, 0.5) is 5.82 Å². The number of hydrogen-bond acceptors (Lipinski definition) is 6. The number of aromatic nitrogens is 2. The number of nitrogens with zero attached hydrogens (tertiary/aromatic N) is 4. The second-order valence-electron chi connectivity index (χ2n) is 8.67. The zero-order valence-electron chi connectivity index (χ0n) is 18.7. The summed E-state index contributed by atoms with van der Waals surface area (Å²) in [6, 6.07) is 5.55. The number of thiocarbonyl (C=S) groups is 1. The highest BCUT2D eigenvalue weighted by Gasteiger charge is 2.32. The highest BCUT2D eigenvalue weighted by molar-refractivity contribution is 8.26. The second-order valence-corrected chi connectivity index (χ2v) is 10.3. The largest absolute Gasteiger partial charge is 0.356 e. The van der Waals surface area contributed by atoms with Gasteiger partial charge in [-0.3, -0.25) is 18.9 Å². The molecule has 1 amide bonds. The molecule has 8 heteroatoms. The van der Waals surface area contributed by atoms with Crippen LogP contribution in [0.15, 0.2) is 34.1 Å². The van der Waals surface area contributed by atoms with Crippen LogP contribution in [0.25, 0.3) is 11.7 Å². The van der Waals surface area contributed by atoms with Gasteiger partial charge >= 0.3 is 0 Å². The van der Waals surface area contributed by atoms with E-state index in [0.29, 0.717) is 38.7 Å². The molecule has 0 aliphatic carbocycles. The minimum Gasteiger partial charge on any atom is -0.356 e. The van der Waals surface area contributed by atoms with E-state index in [1.807, 2.05) is 18.2 Å². The first-order chi connectivity index (χ1) is 15.5. The van der Waals surface area contributed by atoms with E-state index < -0.39 is 0 Å². The summed E-state index contributed by atoms with van der Waals surface area (Å²) in [5.74, 6) is 1.10. The highest BCUT2D eigenvalue weighted by Crippen LogP contribution is 2.34. The fourth-order valence-corrected chi connectivity index (χ4v) is 5.65. The van der Waals surface area contributed by atoms with E-state index in [0.717, 1.165) is 45.2 Å². The molecule has 4 rings (SSSR count). The maximum absolute atomic E-state index is 13.5. The normalized spacial score (nSPS) is 20.7. The van der Waals surface area contributed by atoms with Gasteiger partial charge in [0.25, 0.3) is 11.5 Å². The van der Waals surface area contributed by atoms with Crippen molar-refractivity contribution in [2.75, 3.05) is 24.5 Å². The van der Waals surface area contributed by atoms with E-state index in [9.17, 15) is 9.59 Å². The van der Waals surface area contributed by atoms with Gasteiger partial charge in [0.15, 0.2) is 0 Å². The van der Waals surface area contributed by atoms with Crippen molar-refractivity contribution in [1.82, 2.24) is 14.3 Å². The number of rotatable bonds is 7. The van der Waals surface area contributed by atoms with Crippen molar-refractivity contribution in [2.24, 2.45) is 5.92 Å². The Hall–Kier alpha value is -2.19. The molecule has 2 aliphatic heterocycles. The average molecular weight is 471 g/mol. The summed E-state index contributed by atoms with van der Waals surface area (Å²) >= 11 is 6.77. The number of thioether (sulfide) groups is 1. The lowest BCUT2D eigenvalue weighted by Crippen LogP contribution is -2.37. The summed E-state index contributed by atoms with van der Waals surface area (Å²) in [6.45, 7) is 6.74. The lowest BCUT2D eigenvalue weighted by Gasteiger charge is -2.32. The molecule has 0 unspecified atom stereocenters. The molecule has 0 radical (unpaired) electrons. The summed E-state index contributed by atoms with van der Waals surface area (Å²) in [7, 11) is 0. The first-order valence-corrected chi connectivity index (χ1v) is 12.7. The van der Waals surface area contributed by atoms with Crippen molar-refractivity contribution in [1.29, 1.82) is 0 Å². The van der Waals surface area contributed by atoms with Crippen LogP contribution >= 0.6 is 24.0 Å². The lowest BCUT2D eigenvalue weighted by molar-refractivity contribution is -0.122. The number of carbonyl (C=O) groups excluding carboxylic acids is 1. The Kier molecular flexibility index (Phi) is 7.30. The van der Waals surface area contributed by atoms with E-state index in [-0.39, 0.29) is 11.5 Å². The molecule has 0 bridgehead atoms. The predicted molar refractivity (Wildman–Crippen MR) is 136 cm³/mol. The van der Waals surface area contributed by atoms with Gasteiger partial charge in [0.2, 0.25) is 0 Å². The molecule has 0 N–H and O–H groups in total. The van der Waals surface area contributed by atoms with Crippen LogP contribution in [0, 0.1) is 5.92 Å². The fraction of sp³-hybridized carbons (Fsp3) is 0.500. The number of carbonyl (C=O) groups is 1. The number of amides is 1. The van der Waals surface area contributed by atoms with E-state index in [4.69, 9.17) is 17.2 Å². The van der Waals surface area contributed by atoms with Gasteiger partial charge in [0.05, 0.1) is 10.5 Å². The van der Waals surface area contributed by atoms with Crippen LogP contribution in [0.5, 0.6) is 0 Å². The molecule has 170 valence electrons. The number of hydrogen-bond donors (Lipinski definition) is 0. The highest BCUT2D eigenvalue weighted by atomic mass is 32.2. The Morgan fingerprint density at radius 3 is 2.88 bits per heavy atom. The maximum Gasteiger partial charge on any atom is 0.267 e.